The predicted molar refractivity (Wildman–Crippen MR) is 136 cm³/mol. The van der Waals surface area contributed by atoms with E-state index in [0.29, 0.717) is 0 Å². The average molecular weight is 437 g/mol. The van der Waals surface area contributed by atoms with Crippen molar-refractivity contribution in [1.82, 2.24) is 0 Å². The minimum Gasteiger partial charge on any atom is -0.206 e. The molecule has 3 rings (SSSR count). The van der Waals surface area contributed by atoms with Gasteiger partial charge in [-0.15, -0.1) is 0 Å². The molecular formula is C28H39FNSi+. The molecule has 0 aliphatic heterocycles. The van der Waals surface area contributed by atoms with E-state index in [-0.39, 0.29) is 16.6 Å². The summed E-state index contributed by atoms with van der Waals surface area (Å²) >= 11 is 0. The molecule has 166 valence electrons. The fourth-order valence-electron chi connectivity index (χ4n) is 4.61. The highest BCUT2D eigenvalue weighted by Crippen LogP contribution is 2.40. The average Bonchev–Trinajstić information content (AvgIpc) is 2.59. The minimum atomic E-state index is -1.40. The quantitative estimate of drug-likeness (QED) is 0.303. The Morgan fingerprint density at radius 1 is 0.871 bits per heavy atom. The lowest BCUT2D eigenvalue weighted by atomic mass is 9.75. The van der Waals surface area contributed by atoms with Gasteiger partial charge in [0, 0.05) is 6.07 Å². The highest BCUT2D eigenvalue weighted by molar-refractivity contribution is 6.88. The predicted octanol–water partition coefficient (Wildman–Crippen LogP) is 6.92. The van der Waals surface area contributed by atoms with E-state index in [2.05, 4.69) is 116 Å². The van der Waals surface area contributed by atoms with Crippen LogP contribution in [0.1, 0.15) is 58.2 Å². The summed E-state index contributed by atoms with van der Waals surface area (Å²) in [5.74, 6) is -0.0508. The normalized spacial score (nSPS) is 13.2. The van der Waals surface area contributed by atoms with Crippen molar-refractivity contribution < 1.29 is 8.96 Å². The molecule has 0 spiro atoms. The second-order valence-corrected chi connectivity index (χ2v) is 17.2. The molecule has 1 aromatic heterocycles. The molecule has 0 aliphatic carbocycles. The number of nitrogens with zero attached hydrogens (tertiary/aromatic N) is 1. The van der Waals surface area contributed by atoms with Gasteiger partial charge in [0.1, 0.15) is 12.9 Å². The third-order valence-corrected chi connectivity index (χ3v) is 8.38. The molecule has 0 atom stereocenters. The lowest BCUT2D eigenvalue weighted by molar-refractivity contribution is -0.659. The molecule has 0 N–H and O–H groups in total. The number of pyridine rings is 1. The Hall–Kier alpha value is -2.00. The fourth-order valence-corrected chi connectivity index (χ4v) is 5.78. The Balaban J connectivity index is 2.46. The van der Waals surface area contributed by atoms with Gasteiger partial charge in [0.2, 0.25) is 5.69 Å². The van der Waals surface area contributed by atoms with E-state index in [0.717, 1.165) is 27.9 Å². The summed E-state index contributed by atoms with van der Waals surface area (Å²) in [6.07, 6.45) is 2.14. The van der Waals surface area contributed by atoms with Gasteiger partial charge in [-0.05, 0) is 52.0 Å². The van der Waals surface area contributed by atoms with E-state index in [1.807, 2.05) is 0 Å². The van der Waals surface area contributed by atoms with E-state index in [9.17, 15) is 0 Å². The first-order valence-corrected chi connectivity index (χ1v) is 14.8. The molecule has 1 heterocycles. The van der Waals surface area contributed by atoms with Gasteiger partial charge in [0.05, 0.1) is 19.0 Å². The van der Waals surface area contributed by atoms with Crippen LogP contribution in [0.2, 0.25) is 19.6 Å². The summed E-state index contributed by atoms with van der Waals surface area (Å²) in [4.78, 5) is 0. The van der Waals surface area contributed by atoms with Crippen molar-refractivity contribution in [3.8, 4) is 11.3 Å². The van der Waals surface area contributed by atoms with E-state index >= 15 is 4.39 Å². The van der Waals surface area contributed by atoms with Gasteiger partial charge in [-0.3, -0.25) is 0 Å². The van der Waals surface area contributed by atoms with Crippen molar-refractivity contribution in [2.45, 2.75) is 78.9 Å². The number of hydrogen-bond acceptors (Lipinski definition) is 0. The molecule has 0 radical (unpaired) electrons. The molecule has 0 fully saturated rings. The van der Waals surface area contributed by atoms with Crippen LogP contribution >= 0.6 is 0 Å². The molecule has 3 aromatic rings. The number of rotatable bonds is 2. The first-order chi connectivity index (χ1) is 14.0. The number of benzene rings is 2. The van der Waals surface area contributed by atoms with Crippen molar-refractivity contribution in [2.24, 2.45) is 7.05 Å². The van der Waals surface area contributed by atoms with Crippen LogP contribution < -0.4 is 9.75 Å². The zero-order chi connectivity index (χ0) is 23.5. The monoisotopic (exact) mass is 436 g/mol. The van der Waals surface area contributed by atoms with Crippen LogP contribution in [0.5, 0.6) is 0 Å². The Kier molecular flexibility index (Phi) is 5.76. The van der Waals surface area contributed by atoms with Gasteiger partial charge < -0.3 is 0 Å². The molecule has 0 amide bonds. The van der Waals surface area contributed by atoms with Crippen LogP contribution in [0.4, 0.5) is 4.39 Å². The molecule has 0 saturated heterocycles. The third kappa shape index (κ3) is 4.34. The van der Waals surface area contributed by atoms with Crippen molar-refractivity contribution >= 4 is 24.0 Å². The highest BCUT2D eigenvalue weighted by atomic mass is 28.3. The summed E-state index contributed by atoms with van der Waals surface area (Å²) in [5.41, 5.74) is 4.38. The zero-order valence-electron chi connectivity index (χ0n) is 21.3. The maximum absolute atomic E-state index is 15.8. The summed E-state index contributed by atoms with van der Waals surface area (Å²) in [7, 11) is 0.692. The minimum absolute atomic E-state index is 0.0508. The largest absolute Gasteiger partial charge is 0.220 e. The number of halogens is 1. The third-order valence-electron chi connectivity index (χ3n) is 6.34. The number of aromatic nitrogens is 1. The van der Waals surface area contributed by atoms with E-state index in [1.54, 1.807) is 0 Å². The molecule has 2 aromatic carbocycles. The maximum atomic E-state index is 15.8. The summed E-state index contributed by atoms with van der Waals surface area (Å²) in [5, 5.41) is 3.94. The van der Waals surface area contributed by atoms with Gasteiger partial charge in [-0.25, -0.2) is 8.96 Å². The van der Waals surface area contributed by atoms with E-state index < -0.39 is 8.07 Å². The van der Waals surface area contributed by atoms with E-state index in [4.69, 9.17) is 0 Å². The molecule has 0 unspecified atom stereocenters. The summed E-state index contributed by atoms with van der Waals surface area (Å²) in [6, 6.07) is 11.2. The SMILES string of the molecule is Cc1c(-c2c3ccc([Si](C)(C)C)cc3cc[n+]2C)cc(C(C)(C)C)c(F)c1C(C)(C)C. The van der Waals surface area contributed by atoms with Gasteiger partial charge in [-0.2, -0.15) is 0 Å². The first-order valence-electron chi connectivity index (χ1n) is 11.3. The number of hydrogen-bond donors (Lipinski definition) is 0. The van der Waals surface area contributed by atoms with Gasteiger partial charge in [-0.1, -0.05) is 78.5 Å². The molecule has 0 bridgehead atoms. The van der Waals surface area contributed by atoms with Crippen LogP contribution in [-0.2, 0) is 17.9 Å². The molecule has 1 nitrogen and oxygen atoms in total. The van der Waals surface area contributed by atoms with Gasteiger partial charge >= 0.3 is 0 Å². The maximum Gasteiger partial charge on any atom is 0.220 e. The smallest absolute Gasteiger partial charge is 0.206 e. The van der Waals surface area contributed by atoms with Gasteiger partial charge in [0.15, 0.2) is 6.20 Å². The fraction of sp³-hybridized carbons (Fsp3) is 0.464. The lowest BCUT2D eigenvalue weighted by Crippen LogP contribution is -2.37. The van der Waals surface area contributed by atoms with Crippen LogP contribution in [0.15, 0.2) is 36.5 Å². The van der Waals surface area contributed by atoms with Crippen LogP contribution in [-0.4, -0.2) is 8.07 Å². The zero-order valence-corrected chi connectivity index (χ0v) is 22.3. The molecule has 3 heteroatoms. The molecule has 0 aliphatic rings. The van der Waals surface area contributed by atoms with Crippen molar-refractivity contribution in [3.63, 3.8) is 0 Å². The topological polar surface area (TPSA) is 3.88 Å². The molecular weight excluding hydrogens is 397 g/mol. The Bertz CT molecular complexity index is 1160. The molecule has 31 heavy (non-hydrogen) atoms. The Morgan fingerprint density at radius 3 is 2.00 bits per heavy atom. The van der Waals surface area contributed by atoms with Crippen molar-refractivity contribution in [1.29, 1.82) is 0 Å². The van der Waals surface area contributed by atoms with Crippen LogP contribution in [0, 0.1) is 12.7 Å². The van der Waals surface area contributed by atoms with Crippen LogP contribution in [0.25, 0.3) is 22.0 Å². The van der Waals surface area contributed by atoms with Crippen molar-refractivity contribution in [2.75, 3.05) is 0 Å². The standard InChI is InChI=1S/C28H39FNSi/c1-18-22(17-23(27(2,3)4)25(29)24(18)28(5,6)7)26-21-13-12-20(31(9,10)11)16-19(21)14-15-30(26)8/h12-17H,1-11H3/q+1. The Labute approximate surface area is 189 Å². The highest BCUT2D eigenvalue weighted by Gasteiger charge is 2.32. The first kappa shape index (κ1) is 23.7. The van der Waals surface area contributed by atoms with Crippen LogP contribution in [0.3, 0.4) is 0 Å². The Morgan fingerprint density at radius 2 is 1.48 bits per heavy atom. The summed E-state index contributed by atoms with van der Waals surface area (Å²) < 4.78 is 18.0. The van der Waals surface area contributed by atoms with Gasteiger partial charge in [0.25, 0.3) is 0 Å². The second kappa shape index (κ2) is 7.55. The summed E-state index contributed by atoms with van der Waals surface area (Å²) in [6.45, 7) is 21.9. The van der Waals surface area contributed by atoms with E-state index in [1.165, 1.54) is 16.0 Å². The number of fused-ring (bicyclic) bond motifs is 1. The lowest BCUT2D eigenvalue weighted by Gasteiger charge is -2.29. The number of aryl methyl sites for hydroxylation is 1. The van der Waals surface area contributed by atoms with Crippen molar-refractivity contribution in [3.05, 3.63) is 59.0 Å². The molecule has 0 saturated carbocycles. The second-order valence-electron chi connectivity index (χ2n) is 12.1.